The van der Waals surface area contributed by atoms with Gasteiger partial charge in [0.1, 0.15) is 6.61 Å². The summed E-state index contributed by atoms with van der Waals surface area (Å²) in [6, 6.07) is 0. The van der Waals surface area contributed by atoms with Gasteiger partial charge in [-0.1, -0.05) is 32.1 Å². The molecule has 1 aliphatic heterocycles. The minimum atomic E-state index is -0.648. The van der Waals surface area contributed by atoms with E-state index in [1.807, 2.05) is 0 Å². The van der Waals surface area contributed by atoms with Crippen molar-refractivity contribution >= 4 is 6.16 Å². The molecule has 98 valence electrons. The van der Waals surface area contributed by atoms with Crippen LogP contribution in [0.1, 0.15) is 51.9 Å². The fourth-order valence-electron chi connectivity index (χ4n) is 2.59. The summed E-state index contributed by atoms with van der Waals surface area (Å²) < 4.78 is 15.2. The summed E-state index contributed by atoms with van der Waals surface area (Å²) in [4.78, 5) is 11.2. The zero-order valence-electron chi connectivity index (χ0n) is 10.6. The second-order valence-electron chi connectivity index (χ2n) is 5.03. The van der Waals surface area contributed by atoms with Crippen LogP contribution in [0.4, 0.5) is 4.79 Å². The normalized spacial score (nSPS) is 28.1. The Morgan fingerprint density at radius 2 is 2.12 bits per heavy atom. The van der Waals surface area contributed by atoms with Crippen LogP contribution in [0.15, 0.2) is 0 Å². The van der Waals surface area contributed by atoms with E-state index in [2.05, 4.69) is 0 Å². The third-order valence-corrected chi connectivity index (χ3v) is 3.64. The van der Waals surface area contributed by atoms with Crippen LogP contribution in [-0.2, 0) is 14.2 Å². The van der Waals surface area contributed by atoms with E-state index in [1.165, 1.54) is 32.1 Å². The fraction of sp³-hybridized carbons (Fsp3) is 0.923. The Labute approximate surface area is 103 Å². The molecule has 4 nitrogen and oxygen atoms in total. The van der Waals surface area contributed by atoms with Crippen LogP contribution in [0.5, 0.6) is 0 Å². The highest BCUT2D eigenvalue weighted by atomic mass is 16.8. The van der Waals surface area contributed by atoms with Gasteiger partial charge in [0.05, 0.1) is 6.61 Å². The zero-order valence-corrected chi connectivity index (χ0v) is 10.6. The number of epoxide rings is 1. The van der Waals surface area contributed by atoms with Crippen molar-refractivity contribution in [2.45, 2.75) is 57.7 Å². The number of hydrogen-bond donors (Lipinski definition) is 0. The molecule has 1 heterocycles. The van der Waals surface area contributed by atoms with Gasteiger partial charge in [-0.05, 0) is 19.3 Å². The molecule has 1 unspecified atom stereocenters. The summed E-state index contributed by atoms with van der Waals surface area (Å²) in [6.07, 6.45) is 8.01. The number of rotatable bonds is 6. The summed E-state index contributed by atoms with van der Waals surface area (Å²) in [6.45, 7) is 2.63. The number of hydrogen-bond acceptors (Lipinski definition) is 4. The van der Waals surface area contributed by atoms with Gasteiger partial charge in [-0.15, -0.1) is 0 Å². The lowest BCUT2D eigenvalue weighted by Gasteiger charge is -2.14. The summed E-state index contributed by atoms with van der Waals surface area (Å²) >= 11 is 0. The number of carbonyl (C=O) groups is 1. The molecule has 1 saturated heterocycles. The summed E-state index contributed by atoms with van der Waals surface area (Å²) in [5.41, 5.74) is 0. The van der Waals surface area contributed by atoms with Crippen LogP contribution in [-0.4, -0.2) is 25.2 Å². The Morgan fingerprint density at radius 1 is 1.41 bits per heavy atom. The van der Waals surface area contributed by atoms with E-state index in [9.17, 15) is 4.79 Å². The van der Waals surface area contributed by atoms with Crippen molar-refractivity contribution in [3.05, 3.63) is 0 Å². The smallest absolute Gasteiger partial charge is 0.435 e. The Hall–Kier alpha value is -0.770. The number of ether oxygens (including phenoxy) is 3. The van der Waals surface area contributed by atoms with Gasteiger partial charge in [-0.25, -0.2) is 4.79 Å². The second kappa shape index (κ2) is 5.71. The van der Waals surface area contributed by atoms with Crippen molar-refractivity contribution < 1.29 is 19.0 Å². The third kappa shape index (κ3) is 3.87. The van der Waals surface area contributed by atoms with Crippen molar-refractivity contribution in [1.82, 2.24) is 0 Å². The van der Waals surface area contributed by atoms with Gasteiger partial charge < -0.3 is 14.2 Å². The summed E-state index contributed by atoms with van der Waals surface area (Å²) in [5, 5.41) is 0. The average molecular weight is 242 g/mol. The highest BCUT2D eigenvalue weighted by Crippen LogP contribution is 2.37. The lowest BCUT2D eigenvalue weighted by Crippen LogP contribution is -2.22. The van der Waals surface area contributed by atoms with E-state index < -0.39 is 11.9 Å². The van der Waals surface area contributed by atoms with Crippen molar-refractivity contribution in [3.8, 4) is 0 Å². The molecule has 1 aliphatic carbocycles. The molecule has 0 radical (unpaired) electrons. The van der Waals surface area contributed by atoms with Gasteiger partial charge in [0.15, 0.2) is 0 Å². The Bertz CT molecular complexity index is 254. The molecule has 0 aromatic rings. The first-order chi connectivity index (χ1) is 8.24. The van der Waals surface area contributed by atoms with Crippen LogP contribution in [0.3, 0.4) is 0 Å². The highest BCUT2D eigenvalue weighted by molar-refractivity contribution is 5.60. The highest BCUT2D eigenvalue weighted by Gasteiger charge is 2.49. The van der Waals surface area contributed by atoms with E-state index in [1.54, 1.807) is 6.92 Å². The van der Waals surface area contributed by atoms with E-state index in [4.69, 9.17) is 14.2 Å². The Morgan fingerprint density at radius 3 is 2.71 bits per heavy atom. The minimum absolute atomic E-state index is 0.344. The van der Waals surface area contributed by atoms with Crippen molar-refractivity contribution in [3.63, 3.8) is 0 Å². The molecule has 0 spiro atoms. The molecular formula is C13H22O4. The molecule has 2 fully saturated rings. The maximum atomic E-state index is 11.2. The summed E-state index contributed by atoms with van der Waals surface area (Å²) in [5.74, 6) is 0.235. The molecule has 1 saturated carbocycles. The number of carbonyl (C=O) groups excluding carboxylic acids is 1. The Kier molecular flexibility index (Phi) is 4.26. The van der Waals surface area contributed by atoms with Crippen molar-refractivity contribution in [2.24, 2.45) is 5.92 Å². The van der Waals surface area contributed by atoms with E-state index in [0.29, 0.717) is 13.2 Å². The van der Waals surface area contributed by atoms with E-state index in [-0.39, 0.29) is 0 Å². The maximum Gasteiger partial charge on any atom is 0.510 e. The standard InChI is InChI=1S/C13H22O4/c1-2-15-12(14)17-13(10-16-13)9-5-8-11-6-3-4-7-11/h11H,2-10H2,1H3. The second-order valence-corrected chi connectivity index (χ2v) is 5.03. The van der Waals surface area contributed by atoms with Crippen LogP contribution >= 0.6 is 0 Å². The van der Waals surface area contributed by atoms with Crippen LogP contribution in [0.25, 0.3) is 0 Å². The topological polar surface area (TPSA) is 48.1 Å². The molecule has 1 atom stereocenters. The molecule has 0 bridgehead atoms. The lowest BCUT2D eigenvalue weighted by atomic mass is 9.99. The van der Waals surface area contributed by atoms with Crippen molar-refractivity contribution in [1.29, 1.82) is 0 Å². The predicted octanol–water partition coefficient (Wildman–Crippen LogP) is 3.25. The summed E-state index contributed by atoms with van der Waals surface area (Å²) in [7, 11) is 0. The molecule has 0 amide bonds. The average Bonchev–Trinajstić information content (AvgIpc) is 2.85. The SMILES string of the molecule is CCOC(=O)OC1(CCCC2CCCC2)CO1. The molecule has 0 aromatic carbocycles. The van der Waals surface area contributed by atoms with Gasteiger partial charge >= 0.3 is 6.16 Å². The van der Waals surface area contributed by atoms with Crippen LogP contribution in [0.2, 0.25) is 0 Å². The predicted molar refractivity (Wildman–Crippen MR) is 62.6 cm³/mol. The van der Waals surface area contributed by atoms with Gasteiger partial charge in [-0.2, -0.15) is 0 Å². The van der Waals surface area contributed by atoms with Crippen LogP contribution < -0.4 is 0 Å². The molecule has 0 aromatic heterocycles. The first kappa shape index (κ1) is 12.7. The van der Waals surface area contributed by atoms with E-state index in [0.717, 1.165) is 18.8 Å². The molecular weight excluding hydrogens is 220 g/mol. The van der Waals surface area contributed by atoms with Gasteiger partial charge in [0.2, 0.25) is 5.79 Å². The molecule has 2 rings (SSSR count). The third-order valence-electron chi connectivity index (χ3n) is 3.64. The van der Waals surface area contributed by atoms with Gasteiger partial charge in [0, 0.05) is 6.42 Å². The van der Waals surface area contributed by atoms with E-state index >= 15 is 0 Å². The zero-order chi connectivity index (χ0) is 12.1. The van der Waals surface area contributed by atoms with Crippen molar-refractivity contribution in [2.75, 3.05) is 13.2 Å². The molecule has 0 N–H and O–H groups in total. The quantitative estimate of drug-likeness (QED) is 0.530. The molecule has 4 heteroatoms. The Balaban J connectivity index is 1.62. The first-order valence-corrected chi connectivity index (χ1v) is 6.74. The lowest BCUT2D eigenvalue weighted by molar-refractivity contribution is -0.0384. The first-order valence-electron chi connectivity index (χ1n) is 6.74. The fourth-order valence-corrected chi connectivity index (χ4v) is 2.59. The molecule has 17 heavy (non-hydrogen) atoms. The van der Waals surface area contributed by atoms with Gasteiger partial charge in [-0.3, -0.25) is 0 Å². The maximum absolute atomic E-state index is 11.2. The monoisotopic (exact) mass is 242 g/mol. The van der Waals surface area contributed by atoms with Crippen LogP contribution in [0, 0.1) is 5.92 Å². The largest absolute Gasteiger partial charge is 0.510 e. The minimum Gasteiger partial charge on any atom is -0.435 e. The molecule has 2 aliphatic rings. The van der Waals surface area contributed by atoms with Gasteiger partial charge in [0.25, 0.3) is 0 Å².